The lowest BCUT2D eigenvalue weighted by Crippen LogP contribution is -2.59. The van der Waals surface area contributed by atoms with E-state index in [4.69, 9.17) is 14.6 Å². The van der Waals surface area contributed by atoms with E-state index < -0.39 is 43.3 Å². The van der Waals surface area contributed by atoms with Gasteiger partial charge in [0.05, 0.1) is 6.61 Å². The molecule has 5 atom stereocenters. The van der Waals surface area contributed by atoms with E-state index in [-0.39, 0.29) is 11.5 Å². The zero-order chi connectivity index (χ0) is 17.9. The quantitative estimate of drug-likeness (QED) is 0.217. The molecular weight excluding hydrogens is 324 g/mol. The second kappa shape index (κ2) is 7.60. The molecule has 9 nitrogen and oxygen atoms in total. The van der Waals surface area contributed by atoms with Crippen LogP contribution in [0.2, 0.25) is 0 Å². The van der Waals surface area contributed by atoms with E-state index in [0.29, 0.717) is 5.56 Å². The molecule has 0 amide bonds. The molecule has 0 unspecified atom stereocenters. The van der Waals surface area contributed by atoms with E-state index >= 15 is 0 Å². The molecule has 0 aliphatic carbocycles. The van der Waals surface area contributed by atoms with Crippen LogP contribution in [0.5, 0.6) is 11.5 Å². The minimum Gasteiger partial charge on any atom is -0.504 e. The maximum absolute atomic E-state index is 11.7. The number of hydrogen-bond donors (Lipinski definition) is 6. The molecule has 0 bridgehead atoms. The summed E-state index contributed by atoms with van der Waals surface area (Å²) in [5, 5.41) is 56.5. The molecule has 0 saturated carbocycles. The smallest absolute Gasteiger partial charge is 0.333 e. The Morgan fingerprint density at radius 2 is 1.83 bits per heavy atom. The highest BCUT2D eigenvalue weighted by Crippen LogP contribution is 2.25. The summed E-state index contributed by atoms with van der Waals surface area (Å²) in [6, 6.07) is 3.89. The van der Waals surface area contributed by atoms with Crippen molar-refractivity contribution in [1.29, 1.82) is 0 Å². The summed E-state index contributed by atoms with van der Waals surface area (Å²) in [5.74, 6) is -1.60. The van der Waals surface area contributed by atoms with Gasteiger partial charge in [-0.3, -0.25) is 0 Å². The molecule has 1 aliphatic rings. The molecular formula is C15H18O9. The summed E-state index contributed by atoms with van der Waals surface area (Å²) in [4.78, 5) is 11.7. The van der Waals surface area contributed by atoms with Gasteiger partial charge in [-0.1, -0.05) is 6.07 Å². The second-order valence-corrected chi connectivity index (χ2v) is 5.22. The van der Waals surface area contributed by atoms with E-state index in [1.165, 1.54) is 24.3 Å². The molecule has 0 radical (unpaired) electrons. The van der Waals surface area contributed by atoms with Crippen LogP contribution in [-0.2, 0) is 14.3 Å². The number of rotatable bonds is 4. The van der Waals surface area contributed by atoms with Crippen molar-refractivity contribution in [3.8, 4) is 11.5 Å². The monoisotopic (exact) mass is 342 g/mol. The number of hydrogen-bond acceptors (Lipinski definition) is 9. The van der Waals surface area contributed by atoms with E-state index in [1.54, 1.807) is 0 Å². The van der Waals surface area contributed by atoms with Gasteiger partial charge in [0.25, 0.3) is 0 Å². The minimum atomic E-state index is -1.68. The maximum Gasteiger partial charge on any atom is 0.333 e. The highest BCUT2D eigenvalue weighted by Gasteiger charge is 2.45. The van der Waals surface area contributed by atoms with E-state index in [1.807, 2.05) is 0 Å². The molecule has 24 heavy (non-hydrogen) atoms. The third-order valence-corrected chi connectivity index (χ3v) is 3.49. The van der Waals surface area contributed by atoms with Crippen molar-refractivity contribution in [2.45, 2.75) is 30.7 Å². The van der Waals surface area contributed by atoms with Gasteiger partial charge in [-0.25, -0.2) is 4.79 Å². The lowest BCUT2D eigenvalue weighted by Gasteiger charge is -2.38. The van der Waals surface area contributed by atoms with Gasteiger partial charge >= 0.3 is 5.97 Å². The Kier molecular flexibility index (Phi) is 5.75. The van der Waals surface area contributed by atoms with Gasteiger partial charge in [0, 0.05) is 6.08 Å². The molecule has 0 aromatic heterocycles. The van der Waals surface area contributed by atoms with Crippen molar-refractivity contribution < 1.29 is 44.9 Å². The fraction of sp³-hybridized carbons (Fsp3) is 0.400. The minimum absolute atomic E-state index is 0.309. The third kappa shape index (κ3) is 4.02. The van der Waals surface area contributed by atoms with E-state index in [0.717, 1.165) is 6.08 Å². The number of benzene rings is 1. The largest absolute Gasteiger partial charge is 0.504 e. The Labute approximate surface area is 136 Å². The number of ether oxygens (including phenoxy) is 2. The predicted octanol–water partition coefficient (Wildman–Crippen LogP) is -1.55. The molecule has 1 aromatic carbocycles. The number of aliphatic hydroxyl groups excluding tert-OH is 4. The summed E-state index contributed by atoms with van der Waals surface area (Å²) in [5.41, 5.74) is 0.399. The van der Waals surface area contributed by atoms with Gasteiger partial charge in [-0.05, 0) is 23.8 Å². The lowest BCUT2D eigenvalue weighted by molar-refractivity contribution is -0.291. The number of phenols is 2. The zero-order valence-corrected chi connectivity index (χ0v) is 12.4. The van der Waals surface area contributed by atoms with Crippen LogP contribution >= 0.6 is 0 Å². The summed E-state index contributed by atoms with van der Waals surface area (Å²) in [6.45, 7) is -0.637. The first-order chi connectivity index (χ1) is 11.3. The van der Waals surface area contributed by atoms with Gasteiger partial charge in [-0.15, -0.1) is 0 Å². The van der Waals surface area contributed by atoms with Crippen molar-refractivity contribution in [3.05, 3.63) is 29.8 Å². The van der Waals surface area contributed by atoms with Crippen LogP contribution in [0.4, 0.5) is 0 Å². The highest BCUT2D eigenvalue weighted by atomic mass is 16.7. The SMILES string of the molecule is O=C(/C=C\c1ccc(O)c(O)c1)O[C@@H]1O[C@@H](CO)[C@H](O)[C@H](O)[C@@H]1O. The van der Waals surface area contributed by atoms with Crippen LogP contribution in [0.3, 0.4) is 0 Å². The van der Waals surface area contributed by atoms with Gasteiger partial charge in [0.2, 0.25) is 6.29 Å². The first-order valence-electron chi connectivity index (χ1n) is 7.04. The maximum atomic E-state index is 11.7. The Bertz CT molecular complexity index is 613. The molecule has 1 aliphatic heterocycles. The molecule has 0 spiro atoms. The lowest BCUT2D eigenvalue weighted by atomic mass is 9.99. The summed E-state index contributed by atoms with van der Waals surface area (Å²) in [6.07, 6.45) is -5.36. The fourth-order valence-electron chi connectivity index (χ4n) is 2.13. The molecule has 1 heterocycles. The van der Waals surface area contributed by atoms with Crippen LogP contribution in [-0.4, -0.2) is 73.9 Å². The molecule has 6 N–H and O–H groups in total. The molecule has 1 aromatic rings. The number of carbonyl (C=O) groups is 1. The first kappa shape index (κ1) is 18.2. The summed E-state index contributed by atoms with van der Waals surface area (Å²) < 4.78 is 9.87. The van der Waals surface area contributed by atoms with Crippen molar-refractivity contribution in [2.24, 2.45) is 0 Å². The normalized spacial score (nSPS) is 30.4. The number of phenolic OH excluding ortho intramolecular Hbond substituents is 2. The average Bonchev–Trinajstić information content (AvgIpc) is 2.56. The van der Waals surface area contributed by atoms with Gasteiger partial charge in [0.15, 0.2) is 11.5 Å². The molecule has 1 fully saturated rings. The predicted molar refractivity (Wildman–Crippen MR) is 78.7 cm³/mol. The topological polar surface area (TPSA) is 157 Å². The van der Waals surface area contributed by atoms with Crippen LogP contribution in [0, 0.1) is 0 Å². The Morgan fingerprint density at radius 1 is 1.12 bits per heavy atom. The summed E-state index contributed by atoms with van der Waals surface area (Å²) in [7, 11) is 0. The first-order valence-corrected chi connectivity index (χ1v) is 7.04. The van der Waals surface area contributed by atoms with Crippen LogP contribution < -0.4 is 0 Å². The third-order valence-electron chi connectivity index (χ3n) is 3.49. The van der Waals surface area contributed by atoms with Gasteiger partial charge in [-0.2, -0.15) is 0 Å². The zero-order valence-electron chi connectivity index (χ0n) is 12.4. The van der Waals surface area contributed by atoms with Crippen molar-refractivity contribution in [2.75, 3.05) is 6.61 Å². The van der Waals surface area contributed by atoms with Crippen LogP contribution in [0.25, 0.3) is 6.08 Å². The van der Waals surface area contributed by atoms with E-state index in [9.17, 15) is 30.3 Å². The van der Waals surface area contributed by atoms with Crippen molar-refractivity contribution in [1.82, 2.24) is 0 Å². The molecule has 1 saturated heterocycles. The highest BCUT2D eigenvalue weighted by molar-refractivity contribution is 5.87. The standard InChI is InChI=1S/C15H18O9/c16-6-10-12(20)13(21)14(22)15(23-10)24-11(19)4-2-7-1-3-8(17)9(18)5-7/h1-5,10,12-18,20-22H,6H2/b4-2-/t10-,12-,13-,14-,15-/m0/s1. The van der Waals surface area contributed by atoms with Gasteiger partial charge < -0.3 is 40.1 Å². The Hall–Kier alpha value is -2.17. The second-order valence-electron chi connectivity index (χ2n) is 5.22. The fourth-order valence-corrected chi connectivity index (χ4v) is 2.13. The van der Waals surface area contributed by atoms with Crippen molar-refractivity contribution >= 4 is 12.0 Å². The van der Waals surface area contributed by atoms with Crippen LogP contribution in [0.15, 0.2) is 24.3 Å². The average molecular weight is 342 g/mol. The number of esters is 1. The molecule has 2 rings (SSSR count). The number of aromatic hydroxyl groups is 2. The number of carbonyl (C=O) groups excluding carboxylic acids is 1. The van der Waals surface area contributed by atoms with Gasteiger partial charge in [0.1, 0.15) is 24.4 Å². The molecule has 132 valence electrons. The Balaban J connectivity index is 2.00. The van der Waals surface area contributed by atoms with Crippen LogP contribution in [0.1, 0.15) is 5.56 Å². The summed E-state index contributed by atoms with van der Waals surface area (Å²) >= 11 is 0. The van der Waals surface area contributed by atoms with Crippen molar-refractivity contribution in [3.63, 3.8) is 0 Å². The van der Waals surface area contributed by atoms with E-state index in [2.05, 4.69) is 0 Å². The molecule has 9 heteroatoms. The Morgan fingerprint density at radius 3 is 2.46 bits per heavy atom. The number of aliphatic hydroxyl groups is 4.